The molecule has 1 aromatic heterocycles. The van der Waals surface area contributed by atoms with Crippen molar-refractivity contribution in [3.63, 3.8) is 0 Å². The molecule has 0 spiro atoms. The van der Waals surface area contributed by atoms with Crippen LogP contribution in [0.15, 0.2) is 34.8 Å². The fraction of sp³-hybridized carbons (Fsp3) is 0.214. The van der Waals surface area contributed by atoms with Gasteiger partial charge in [0.25, 0.3) is 5.91 Å². The standard InChI is InChI=1S/C14H13BrN2OS/c15-9-5-4-6-10-11(9)12(16)13(19-10)14(18)17-7-2-1-3-8-17/h1-2,4-6H,3,7-8,16H2. The van der Waals surface area contributed by atoms with Crippen molar-refractivity contribution in [1.82, 2.24) is 4.90 Å². The van der Waals surface area contributed by atoms with Crippen LogP contribution < -0.4 is 5.73 Å². The molecule has 2 heterocycles. The molecule has 0 saturated carbocycles. The molecule has 0 fully saturated rings. The molecular weight excluding hydrogens is 324 g/mol. The average molecular weight is 337 g/mol. The third kappa shape index (κ3) is 2.17. The zero-order valence-corrected chi connectivity index (χ0v) is 12.6. The van der Waals surface area contributed by atoms with E-state index in [4.69, 9.17) is 5.73 Å². The summed E-state index contributed by atoms with van der Waals surface area (Å²) in [4.78, 5) is 15.0. The van der Waals surface area contributed by atoms with Crippen LogP contribution in [0.2, 0.25) is 0 Å². The lowest BCUT2D eigenvalue weighted by atomic mass is 10.2. The Labute approximate surface area is 123 Å². The quantitative estimate of drug-likeness (QED) is 0.808. The number of halogens is 1. The summed E-state index contributed by atoms with van der Waals surface area (Å²) < 4.78 is 1.99. The summed E-state index contributed by atoms with van der Waals surface area (Å²) in [5.74, 6) is 0.0370. The van der Waals surface area contributed by atoms with Gasteiger partial charge in [0, 0.05) is 27.6 Å². The van der Waals surface area contributed by atoms with E-state index in [0.717, 1.165) is 27.5 Å². The average Bonchev–Trinajstić information content (AvgIpc) is 2.78. The van der Waals surface area contributed by atoms with Gasteiger partial charge in [-0.05, 0) is 18.6 Å². The molecule has 3 rings (SSSR count). The Morgan fingerprint density at radius 3 is 2.89 bits per heavy atom. The number of carbonyl (C=O) groups is 1. The van der Waals surface area contributed by atoms with Crippen LogP contribution in [-0.2, 0) is 0 Å². The summed E-state index contributed by atoms with van der Waals surface area (Å²) in [5.41, 5.74) is 6.75. The Bertz CT molecular complexity index is 677. The summed E-state index contributed by atoms with van der Waals surface area (Å²) in [6, 6.07) is 5.90. The van der Waals surface area contributed by atoms with Gasteiger partial charge in [0.1, 0.15) is 4.88 Å². The lowest BCUT2D eigenvalue weighted by Crippen LogP contribution is -2.33. The summed E-state index contributed by atoms with van der Waals surface area (Å²) in [6.45, 7) is 1.44. The number of carbonyl (C=O) groups excluding carboxylic acids is 1. The van der Waals surface area contributed by atoms with Crippen molar-refractivity contribution in [2.75, 3.05) is 18.8 Å². The molecule has 19 heavy (non-hydrogen) atoms. The van der Waals surface area contributed by atoms with E-state index in [9.17, 15) is 4.79 Å². The first-order valence-corrected chi connectivity index (χ1v) is 7.70. The summed E-state index contributed by atoms with van der Waals surface area (Å²) in [5, 5.41) is 0.948. The number of fused-ring (bicyclic) bond motifs is 1. The second kappa shape index (κ2) is 4.98. The normalized spacial score (nSPS) is 15.1. The lowest BCUT2D eigenvalue weighted by molar-refractivity contribution is 0.0777. The van der Waals surface area contributed by atoms with Crippen LogP contribution >= 0.6 is 27.3 Å². The second-order valence-corrected chi connectivity index (χ2v) is 6.38. The van der Waals surface area contributed by atoms with Crippen LogP contribution in [0.4, 0.5) is 5.69 Å². The van der Waals surface area contributed by atoms with Crippen LogP contribution in [0.3, 0.4) is 0 Å². The maximum absolute atomic E-state index is 12.5. The maximum Gasteiger partial charge on any atom is 0.266 e. The van der Waals surface area contributed by atoms with Crippen molar-refractivity contribution >= 4 is 48.9 Å². The molecule has 0 radical (unpaired) electrons. The number of nitrogen functional groups attached to an aromatic ring is 1. The minimum Gasteiger partial charge on any atom is -0.397 e. The molecule has 98 valence electrons. The fourth-order valence-corrected chi connectivity index (χ4v) is 4.09. The number of anilines is 1. The molecule has 0 saturated heterocycles. The second-order valence-electron chi connectivity index (χ2n) is 4.47. The molecule has 1 aliphatic heterocycles. The third-order valence-electron chi connectivity index (χ3n) is 3.24. The number of nitrogens with two attached hydrogens (primary N) is 1. The Morgan fingerprint density at radius 2 is 2.21 bits per heavy atom. The topological polar surface area (TPSA) is 46.3 Å². The molecule has 2 aromatic rings. The molecule has 3 nitrogen and oxygen atoms in total. The van der Waals surface area contributed by atoms with Gasteiger partial charge < -0.3 is 10.6 Å². The minimum atomic E-state index is 0.0370. The van der Waals surface area contributed by atoms with Crippen molar-refractivity contribution in [3.8, 4) is 0 Å². The molecule has 1 aliphatic rings. The summed E-state index contributed by atoms with van der Waals surface area (Å²) in [6.07, 6.45) is 5.05. The fourth-order valence-electron chi connectivity index (χ4n) is 2.26. The van der Waals surface area contributed by atoms with Crippen molar-refractivity contribution in [1.29, 1.82) is 0 Å². The lowest BCUT2D eigenvalue weighted by Gasteiger charge is -2.22. The molecule has 1 aromatic carbocycles. The Kier molecular flexibility index (Phi) is 3.33. The number of thiophene rings is 1. The number of hydrogen-bond donors (Lipinski definition) is 1. The highest BCUT2D eigenvalue weighted by Crippen LogP contribution is 2.38. The largest absolute Gasteiger partial charge is 0.397 e. The van der Waals surface area contributed by atoms with Crippen LogP contribution in [-0.4, -0.2) is 23.9 Å². The van der Waals surface area contributed by atoms with E-state index in [1.807, 2.05) is 29.2 Å². The summed E-state index contributed by atoms with van der Waals surface area (Å²) >= 11 is 4.97. The van der Waals surface area contributed by atoms with Crippen molar-refractivity contribution in [2.24, 2.45) is 0 Å². The number of rotatable bonds is 1. The monoisotopic (exact) mass is 336 g/mol. The first kappa shape index (κ1) is 12.7. The highest BCUT2D eigenvalue weighted by atomic mass is 79.9. The Morgan fingerprint density at radius 1 is 1.37 bits per heavy atom. The highest BCUT2D eigenvalue weighted by molar-refractivity contribution is 9.10. The number of amides is 1. The molecule has 0 unspecified atom stereocenters. The van der Waals surface area contributed by atoms with E-state index in [1.165, 1.54) is 11.3 Å². The first-order valence-electron chi connectivity index (χ1n) is 6.09. The van der Waals surface area contributed by atoms with E-state index in [1.54, 1.807) is 0 Å². The molecule has 0 bridgehead atoms. The molecule has 0 atom stereocenters. The van der Waals surface area contributed by atoms with Gasteiger partial charge in [-0.3, -0.25) is 4.79 Å². The zero-order chi connectivity index (χ0) is 13.4. The number of benzene rings is 1. The van der Waals surface area contributed by atoms with E-state index >= 15 is 0 Å². The predicted molar refractivity (Wildman–Crippen MR) is 83.6 cm³/mol. The van der Waals surface area contributed by atoms with Gasteiger partial charge in [-0.2, -0.15) is 0 Å². The van der Waals surface area contributed by atoms with Gasteiger partial charge in [-0.15, -0.1) is 11.3 Å². The Hall–Kier alpha value is -1.33. The van der Waals surface area contributed by atoms with Gasteiger partial charge in [0.05, 0.1) is 5.69 Å². The zero-order valence-electron chi connectivity index (χ0n) is 10.2. The van der Waals surface area contributed by atoms with E-state index in [2.05, 4.69) is 22.0 Å². The van der Waals surface area contributed by atoms with Crippen LogP contribution in [0, 0.1) is 0 Å². The molecule has 5 heteroatoms. The van der Waals surface area contributed by atoms with Crippen molar-refractivity contribution < 1.29 is 4.79 Å². The van der Waals surface area contributed by atoms with Gasteiger partial charge >= 0.3 is 0 Å². The van der Waals surface area contributed by atoms with Gasteiger partial charge in [0.2, 0.25) is 0 Å². The predicted octanol–water partition coefficient (Wildman–Crippen LogP) is 3.65. The SMILES string of the molecule is Nc1c(C(=O)N2CC=CCC2)sc2cccc(Br)c12. The van der Waals surface area contributed by atoms with E-state index in [0.29, 0.717) is 17.1 Å². The van der Waals surface area contributed by atoms with Gasteiger partial charge in [-0.25, -0.2) is 0 Å². The molecule has 1 amide bonds. The van der Waals surface area contributed by atoms with Crippen LogP contribution in [0.1, 0.15) is 16.1 Å². The summed E-state index contributed by atoms with van der Waals surface area (Å²) in [7, 11) is 0. The smallest absolute Gasteiger partial charge is 0.266 e. The van der Waals surface area contributed by atoms with Crippen molar-refractivity contribution in [2.45, 2.75) is 6.42 Å². The molecule has 2 N–H and O–H groups in total. The highest BCUT2D eigenvalue weighted by Gasteiger charge is 2.22. The molecule has 0 aliphatic carbocycles. The third-order valence-corrected chi connectivity index (χ3v) is 5.06. The van der Waals surface area contributed by atoms with E-state index in [-0.39, 0.29) is 5.91 Å². The maximum atomic E-state index is 12.5. The van der Waals surface area contributed by atoms with Crippen LogP contribution in [0.25, 0.3) is 10.1 Å². The van der Waals surface area contributed by atoms with Gasteiger partial charge in [0.15, 0.2) is 0 Å². The minimum absolute atomic E-state index is 0.0370. The number of hydrogen-bond acceptors (Lipinski definition) is 3. The van der Waals surface area contributed by atoms with Crippen molar-refractivity contribution in [3.05, 3.63) is 39.7 Å². The van der Waals surface area contributed by atoms with Crippen LogP contribution in [0.5, 0.6) is 0 Å². The Balaban J connectivity index is 2.05. The van der Waals surface area contributed by atoms with E-state index < -0.39 is 0 Å². The first-order chi connectivity index (χ1) is 9.18. The molecular formula is C14H13BrN2OS. The number of nitrogens with zero attached hydrogens (tertiary/aromatic N) is 1. The van der Waals surface area contributed by atoms with Gasteiger partial charge in [-0.1, -0.05) is 34.1 Å².